The summed E-state index contributed by atoms with van der Waals surface area (Å²) in [4.78, 5) is 12.6. The maximum atomic E-state index is 13.6. The Kier molecular flexibility index (Phi) is 3.93. The second-order valence-corrected chi connectivity index (χ2v) is 7.22. The fourth-order valence-electron chi connectivity index (χ4n) is 3.73. The highest BCUT2D eigenvalue weighted by Crippen LogP contribution is 2.51. The van der Waals surface area contributed by atoms with Crippen LogP contribution in [0.2, 0.25) is 5.02 Å². The van der Waals surface area contributed by atoms with Crippen LogP contribution in [0.25, 0.3) is 10.9 Å². The van der Waals surface area contributed by atoms with Crippen molar-refractivity contribution in [1.82, 2.24) is 14.3 Å². The van der Waals surface area contributed by atoms with Crippen molar-refractivity contribution in [3.05, 3.63) is 62.9 Å². The molecule has 0 spiro atoms. The first kappa shape index (κ1) is 17.2. The summed E-state index contributed by atoms with van der Waals surface area (Å²) in [5.74, 6) is -0.564. The number of aryl methyl sites for hydroxylation is 2. The second-order valence-electron chi connectivity index (χ2n) is 6.81. The Hall–Kier alpha value is -2.18. The van der Waals surface area contributed by atoms with Crippen molar-refractivity contribution >= 4 is 22.5 Å². The highest BCUT2D eigenvalue weighted by atomic mass is 35.5. The van der Waals surface area contributed by atoms with Gasteiger partial charge in [0.15, 0.2) is 5.52 Å². The minimum absolute atomic E-state index is 0.0313. The number of pyridine rings is 1. The fourth-order valence-corrected chi connectivity index (χ4v) is 3.91. The van der Waals surface area contributed by atoms with Crippen molar-refractivity contribution < 1.29 is 9.50 Å². The van der Waals surface area contributed by atoms with Crippen LogP contribution in [0.1, 0.15) is 31.0 Å². The van der Waals surface area contributed by atoms with Crippen molar-refractivity contribution in [2.45, 2.75) is 31.9 Å². The van der Waals surface area contributed by atoms with Crippen LogP contribution in [0.3, 0.4) is 0 Å². The molecule has 1 aliphatic carbocycles. The molecule has 1 fully saturated rings. The van der Waals surface area contributed by atoms with Crippen molar-refractivity contribution in [3.63, 3.8) is 0 Å². The van der Waals surface area contributed by atoms with E-state index >= 15 is 0 Å². The van der Waals surface area contributed by atoms with E-state index in [0.717, 1.165) is 12.8 Å². The molecular weight excluding hydrogens is 357 g/mol. The van der Waals surface area contributed by atoms with E-state index in [1.807, 2.05) is 6.92 Å². The molecule has 0 saturated heterocycles. The number of fused-ring (bicyclic) bond motifs is 1. The zero-order chi connectivity index (χ0) is 18.6. The van der Waals surface area contributed by atoms with Crippen LogP contribution in [0.15, 0.2) is 35.3 Å². The van der Waals surface area contributed by atoms with Crippen LogP contribution in [0, 0.1) is 11.7 Å². The molecule has 5 nitrogen and oxygen atoms in total. The van der Waals surface area contributed by atoms with Gasteiger partial charge in [0, 0.05) is 25.2 Å². The lowest BCUT2D eigenvalue weighted by atomic mass is 9.84. The number of aliphatic hydroxyl groups is 1. The summed E-state index contributed by atoms with van der Waals surface area (Å²) in [6.45, 7) is 2.43. The first-order chi connectivity index (χ1) is 12.4. The summed E-state index contributed by atoms with van der Waals surface area (Å²) in [6, 6.07) is 6.07. The third-order valence-corrected chi connectivity index (χ3v) is 5.49. The van der Waals surface area contributed by atoms with Crippen LogP contribution in [-0.4, -0.2) is 19.5 Å². The molecule has 136 valence electrons. The van der Waals surface area contributed by atoms with Gasteiger partial charge in [-0.2, -0.15) is 5.10 Å². The summed E-state index contributed by atoms with van der Waals surface area (Å²) in [5.41, 5.74) is -0.207. The van der Waals surface area contributed by atoms with E-state index in [1.165, 1.54) is 12.1 Å². The van der Waals surface area contributed by atoms with Crippen molar-refractivity contribution in [3.8, 4) is 0 Å². The summed E-state index contributed by atoms with van der Waals surface area (Å²) < 4.78 is 16.8. The SMILES string of the molecule is CCn1ccc2c([C@](O)(c3ccc(F)c(Cl)c3)C3CC3)n(C)nc2c1=O. The molecule has 0 amide bonds. The summed E-state index contributed by atoms with van der Waals surface area (Å²) >= 11 is 5.97. The zero-order valence-corrected chi connectivity index (χ0v) is 15.3. The molecule has 2 aromatic heterocycles. The largest absolute Gasteiger partial charge is 0.378 e. The van der Waals surface area contributed by atoms with E-state index in [4.69, 9.17) is 11.6 Å². The Morgan fingerprint density at radius 3 is 2.73 bits per heavy atom. The fraction of sp³-hybridized carbons (Fsp3) is 0.368. The summed E-state index contributed by atoms with van der Waals surface area (Å²) in [7, 11) is 1.71. The van der Waals surface area contributed by atoms with Gasteiger partial charge < -0.3 is 9.67 Å². The highest BCUT2D eigenvalue weighted by molar-refractivity contribution is 6.30. The number of benzene rings is 1. The Labute approximate surface area is 154 Å². The van der Waals surface area contributed by atoms with Gasteiger partial charge in [-0.25, -0.2) is 4.39 Å². The Morgan fingerprint density at radius 1 is 1.38 bits per heavy atom. The molecule has 26 heavy (non-hydrogen) atoms. The molecule has 1 aliphatic rings. The van der Waals surface area contributed by atoms with E-state index in [9.17, 15) is 14.3 Å². The number of hydrogen-bond donors (Lipinski definition) is 1. The summed E-state index contributed by atoms with van der Waals surface area (Å²) in [5, 5.41) is 16.7. The van der Waals surface area contributed by atoms with Gasteiger partial charge in [0.2, 0.25) is 0 Å². The lowest BCUT2D eigenvalue weighted by Crippen LogP contribution is -2.33. The highest BCUT2D eigenvalue weighted by Gasteiger charge is 2.49. The van der Waals surface area contributed by atoms with Gasteiger partial charge in [0.1, 0.15) is 11.4 Å². The lowest BCUT2D eigenvalue weighted by Gasteiger charge is -2.30. The maximum absolute atomic E-state index is 13.6. The molecule has 1 atom stereocenters. The smallest absolute Gasteiger partial charge is 0.278 e. The Bertz CT molecular complexity index is 1070. The maximum Gasteiger partial charge on any atom is 0.278 e. The topological polar surface area (TPSA) is 60.1 Å². The minimum Gasteiger partial charge on any atom is -0.378 e. The average Bonchev–Trinajstić information content (AvgIpc) is 3.41. The van der Waals surface area contributed by atoms with Gasteiger partial charge in [0.05, 0.1) is 10.7 Å². The van der Waals surface area contributed by atoms with E-state index in [1.54, 1.807) is 34.6 Å². The van der Waals surface area contributed by atoms with Gasteiger partial charge in [-0.15, -0.1) is 0 Å². The Balaban J connectivity index is 2.01. The zero-order valence-electron chi connectivity index (χ0n) is 14.5. The molecule has 2 heterocycles. The monoisotopic (exact) mass is 375 g/mol. The quantitative estimate of drug-likeness (QED) is 0.761. The van der Waals surface area contributed by atoms with Gasteiger partial charge in [-0.1, -0.05) is 17.7 Å². The van der Waals surface area contributed by atoms with Crippen LogP contribution >= 0.6 is 11.6 Å². The molecular formula is C19H19ClFN3O2. The van der Waals surface area contributed by atoms with Crippen LogP contribution in [-0.2, 0) is 19.2 Å². The van der Waals surface area contributed by atoms with Crippen LogP contribution in [0.4, 0.5) is 4.39 Å². The van der Waals surface area contributed by atoms with E-state index < -0.39 is 11.4 Å². The molecule has 0 aliphatic heterocycles. The minimum atomic E-state index is -1.38. The van der Waals surface area contributed by atoms with Crippen molar-refractivity contribution in [1.29, 1.82) is 0 Å². The van der Waals surface area contributed by atoms with Gasteiger partial charge in [0.25, 0.3) is 5.56 Å². The van der Waals surface area contributed by atoms with Crippen LogP contribution < -0.4 is 5.56 Å². The van der Waals surface area contributed by atoms with E-state index in [0.29, 0.717) is 28.7 Å². The molecule has 3 aromatic rings. The molecule has 4 rings (SSSR count). The third kappa shape index (κ3) is 2.40. The molecule has 1 saturated carbocycles. The number of hydrogen-bond acceptors (Lipinski definition) is 3. The van der Waals surface area contributed by atoms with Crippen molar-refractivity contribution in [2.75, 3.05) is 0 Å². The van der Waals surface area contributed by atoms with E-state index in [-0.39, 0.29) is 16.5 Å². The molecule has 0 unspecified atom stereocenters. The lowest BCUT2D eigenvalue weighted by molar-refractivity contribution is 0.0494. The van der Waals surface area contributed by atoms with Crippen molar-refractivity contribution in [2.24, 2.45) is 13.0 Å². The number of halogens is 2. The Morgan fingerprint density at radius 2 is 2.12 bits per heavy atom. The first-order valence-corrected chi connectivity index (χ1v) is 9.00. The first-order valence-electron chi connectivity index (χ1n) is 8.62. The van der Waals surface area contributed by atoms with E-state index in [2.05, 4.69) is 5.10 Å². The standard InChI is InChI=1S/C19H19ClFN3O2/c1-3-24-9-8-13-16(18(24)25)22-23(2)17(13)19(26,11-4-5-11)12-6-7-15(21)14(20)10-12/h6-11,26H,3-5H2,1-2H3/t19-/m1/s1. The van der Waals surface area contributed by atoms with Gasteiger partial charge in [-0.3, -0.25) is 9.48 Å². The molecule has 1 aromatic carbocycles. The second kappa shape index (κ2) is 5.93. The number of aromatic nitrogens is 3. The number of nitrogens with zero attached hydrogens (tertiary/aromatic N) is 3. The molecule has 7 heteroatoms. The van der Waals surface area contributed by atoms with Crippen LogP contribution in [0.5, 0.6) is 0 Å². The molecule has 0 radical (unpaired) electrons. The van der Waals surface area contributed by atoms with Gasteiger partial charge in [-0.05, 0) is 49.4 Å². The number of rotatable bonds is 4. The summed E-state index contributed by atoms with van der Waals surface area (Å²) in [6.07, 6.45) is 3.38. The third-order valence-electron chi connectivity index (χ3n) is 5.20. The predicted molar refractivity (Wildman–Crippen MR) is 97.8 cm³/mol. The molecule has 1 N–H and O–H groups in total. The van der Waals surface area contributed by atoms with Gasteiger partial charge >= 0.3 is 0 Å². The molecule has 0 bridgehead atoms. The average molecular weight is 376 g/mol. The predicted octanol–water partition coefficient (Wildman–Crippen LogP) is 3.19. The normalized spacial score (nSPS) is 16.8.